The molecule has 1 aromatic carbocycles. The molecule has 1 aromatic heterocycles. The van der Waals surface area contributed by atoms with Crippen LogP contribution in [0.15, 0.2) is 41.8 Å². The zero-order valence-corrected chi connectivity index (χ0v) is 13.2. The van der Waals surface area contributed by atoms with Gasteiger partial charge in [0, 0.05) is 30.2 Å². The van der Waals surface area contributed by atoms with Crippen molar-refractivity contribution in [3.8, 4) is 0 Å². The first-order valence-electron chi connectivity index (χ1n) is 7.27. The van der Waals surface area contributed by atoms with Crippen LogP contribution in [0.25, 0.3) is 0 Å². The number of benzene rings is 1. The van der Waals surface area contributed by atoms with E-state index in [2.05, 4.69) is 22.8 Å². The number of anilines is 1. The maximum Gasteiger partial charge on any atom is 0.253 e. The van der Waals surface area contributed by atoms with E-state index < -0.39 is 0 Å². The first-order valence-corrected chi connectivity index (χ1v) is 8.15. The molecular weight excluding hydrogens is 280 g/mol. The van der Waals surface area contributed by atoms with E-state index in [1.807, 2.05) is 35.6 Å². The summed E-state index contributed by atoms with van der Waals surface area (Å²) in [6.07, 6.45) is 2.60. The van der Waals surface area contributed by atoms with Crippen molar-refractivity contribution in [2.24, 2.45) is 5.92 Å². The molecule has 21 heavy (non-hydrogen) atoms. The van der Waals surface area contributed by atoms with Gasteiger partial charge in [-0.15, -0.1) is 11.3 Å². The van der Waals surface area contributed by atoms with E-state index in [0.29, 0.717) is 6.04 Å². The number of carbonyl (C=O) groups excluding carboxylic acids is 1. The van der Waals surface area contributed by atoms with Gasteiger partial charge in [0.2, 0.25) is 0 Å². The van der Waals surface area contributed by atoms with Gasteiger partial charge in [-0.1, -0.05) is 6.07 Å². The molecule has 1 heterocycles. The Balaban J connectivity index is 1.73. The van der Waals surface area contributed by atoms with Crippen LogP contribution in [-0.4, -0.2) is 24.9 Å². The molecule has 2 aromatic rings. The average molecular weight is 300 g/mol. The van der Waals surface area contributed by atoms with E-state index in [1.165, 1.54) is 17.7 Å². The van der Waals surface area contributed by atoms with Gasteiger partial charge in [0.25, 0.3) is 5.91 Å². The topological polar surface area (TPSA) is 32.3 Å². The number of hydrogen-bond donors (Lipinski definition) is 1. The maximum absolute atomic E-state index is 11.9. The molecule has 1 atom stereocenters. The first-order chi connectivity index (χ1) is 10.1. The minimum Gasteiger partial charge on any atom is -0.377 e. The molecule has 1 aliphatic carbocycles. The minimum atomic E-state index is 0.0403. The predicted octanol–water partition coefficient (Wildman–Crippen LogP) is 4.01. The number of hydrogen-bond acceptors (Lipinski definition) is 3. The number of amides is 1. The Bertz CT molecular complexity index is 600. The Morgan fingerprint density at radius 3 is 2.48 bits per heavy atom. The van der Waals surface area contributed by atoms with Gasteiger partial charge < -0.3 is 10.2 Å². The number of carbonyl (C=O) groups is 1. The fourth-order valence-corrected chi connectivity index (χ4v) is 3.34. The van der Waals surface area contributed by atoms with Gasteiger partial charge in [0.1, 0.15) is 0 Å². The fraction of sp³-hybridized carbons (Fsp3) is 0.353. The summed E-state index contributed by atoms with van der Waals surface area (Å²) in [5, 5.41) is 5.75. The monoisotopic (exact) mass is 300 g/mol. The summed E-state index contributed by atoms with van der Waals surface area (Å²) in [5.74, 6) is 0.783. The van der Waals surface area contributed by atoms with E-state index in [0.717, 1.165) is 17.2 Å². The molecule has 1 unspecified atom stereocenters. The number of nitrogens with zero attached hydrogens (tertiary/aromatic N) is 1. The SMILES string of the molecule is CN(C)C(=O)c1ccc(NC(c2cccs2)C2CC2)cc1. The van der Waals surface area contributed by atoms with Crippen LogP contribution in [-0.2, 0) is 0 Å². The zero-order chi connectivity index (χ0) is 14.8. The van der Waals surface area contributed by atoms with Crippen LogP contribution in [0.5, 0.6) is 0 Å². The third-order valence-corrected chi connectivity index (χ3v) is 4.76. The smallest absolute Gasteiger partial charge is 0.253 e. The first kappa shape index (κ1) is 14.1. The fourth-order valence-electron chi connectivity index (χ4n) is 2.47. The summed E-state index contributed by atoms with van der Waals surface area (Å²) >= 11 is 1.81. The molecule has 0 spiro atoms. The highest BCUT2D eigenvalue weighted by atomic mass is 32.1. The molecule has 0 aliphatic heterocycles. The molecule has 1 saturated carbocycles. The molecule has 1 aliphatic rings. The molecule has 0 radical (unpaired) electrons. The minimum absolute atomic E-state index is 0.0403. The second-order valence-electron chi connectivity index (χ2n) is 5.75. The van der Waals surface area contributed by atoms with Gasteiger partial charge in [-0.05, 0) is 54.5 Å². The summed E-state index contributed by atoms with van der Waals surface area (Å²) in [5.41, 5.74) is 1.81. The van der Waals surface area contributed by atoms with Crippen molar-refractivity contribution < 1.29 is 4.79 Å². The maximum atomic E-state index is 11.9. The lowest BCUT2D eigenvalue weighted by Gasteiger charge is -2.18. The number of rotatable bonds is 5. The Labute approximate surface area is 129 Å². The number of thiophene rings is 1. The van der Waals surface area contributed by atoms with Gasteiger partial charge in [-0.25, -0.2) is 0 Å². The largest absolute Gasteiger partial charge is 0.377 e. The van der Waals surface area contributed by atoms with E-state index in [1.54, 1.807) is 19.0 Å². The third kappa shape index (κ3) is 3.27. The van der Waals surface area contributed by atoms with Gasteiger partial charge in [-0.2, -0.15) is 0 Å². The van der Waals surface area contributed by atoms with Crippen molar-refractivity contribution in [1.29, 1.82) is 0 Å². The summed E-state index contributed by atoms with van der Waals surface area (Å²) in [6, 6.07) is 12.5. The summed E-state index contributed by atoms with van der Waals surface area (Å²) in [6.45, 7) is 0. The molecule has 1 N–H and O–H groups in total. The molecular formula is C17H20N2OS. The highest BCUT2D eigenvalue weighted by Gasteiger charge is 2.32. The molecule has 1 amide bonds. The molecule has 3 nitrogen and oxygen atoms in total. The lowest BCUT2D eigenvalue weighted by Crippen LogP contribution is -2.21. The van der Waals surface area contributed by atoms with Gasteiger partial charge >= 0.3 is 0 Å². The Morgan fingerprint density at radius 1 is 1.24 bits per heavy atom. The Hall–Kier alpha value is -1.81. The van der Waals surface area contributed by atoms with Crippen molar-refractivity contribution in [2.75, 3.05) is 19.4 Å². The zero-order valence-electron chi connectivity index (χ0n) is 12.4. The summed E-state index contributed by atoms with van der Waals surface area (Å²) in [7, 11) is 3.54. The highest BCUT2D eigenvalue weighted by molar-refractivity contribution is 7.10. The van der Waals surface area contributed by atoms with E-state index in [9.17, 15) is 4.79 Å². The van der Waals surface area contributed by atoms with Gasteiger partial charge in [0.15, 0.2) is 0 Å². The third-order valence-electron chi connectivity index (χ3n) is 3.80. The van der Waals surface area contributed by atoms with Crippen molar-refractivity contribution in [3.63, 3.8) is 0 Å². The van der Waals surface area contributed by atoms with Crippen LogP contribution in [0.3, 0.4) is 0 Å². The lowest BCUT2D eigenvalue weighted by molar-refractivity contribution is 0.0827. The van der Waals surface area contributed by atoms with Crippen molar-refractivity contribution in [1.82, 2.24) is 4.90 Å². The molecule has 0 saturated heterocycles. The highest BCUT2D eigenvalue weighted by Crippen LogP contribution is 2.44. The Morgan fingerprint density at radius 2 is 1.95 bits per heavy atom. The van der Waals surface area contributed by atoms with Crippen molar-refractivity contribution >= 4 is 22.9 Å². The molecule has 4 heteroatoms. The molecule has 110 valence electrons. The summed E-state index contributed by atoms with van der Waals surface area (Å²) in [4.78, 5) is 14.9. The van der Waals surface area contributed by atoms with Gasteiger partial charge in [-0.3, -0.25) is 4.79 Å². The van der Waals surface area contributed by atoms with Crippen LogP contribution in [0.4, 0.5) is 5.69 Å². The van der Waals surface area contributed by atoms with Crippen LogP contribution < -0.4 is 5.32 Å². The number of nitrogens with one attached hydrogen (secondary N) is 1. The van der Waals surface area contributed by atoms with Crippen LogP contribution in [0.2, 0.25) is 0 Å². The van der Waals surface area contributed by atoms with Crippen molar-refractivity contribution in [3.05, 3.63) is 52.2 Å². The molecule has 3 rings (SSSR count). The van der Waals surface area contributed by atoms with E-state index >= 15 is 0 Å². The van der Waals surface area contributed by atoms with Crippen molar-refractivity contribution in [2.45, 2.75) is 18.9 Å². The molecule has 1 fully saturated rings. The second kappa shape index (κ2) is 5.90. The molecule has 0 bridgehead atoms. The normalized spacial score (nSPS) is 15.5. The Kier molecular flexibility index (Phi) is 3.97. The van der Waals surface area contributed by atoms with Crippen LogP contribution in [0.1, 0.15) is 34.1 Å². The standard InChI is InChI=1S/C17H20N2OS/c1-19(2)17(20)13-7-9-14(10-8-13)18-16(12-5-6-12)15-4-3-11-21-15/h3-4,7-12,16,18H,5-6H2,1-2H3. The average Bonchev–Trinajstić information content (AvgIpc) is 3.19. The predicted molar refractivity (Wildman–Crippen MR) is 87.9 cm³/mol. The summed E-state index contributed by atoms with van der Waals surface area (Å²) < 4.78 is 0. The van der Waals surface area contributed by atoms with Gasteiger partial charge in [0.05, 0.1) is 6.04 Å². The van der Waals surface area contributed by atoms with Crippen LogP contribution in [0, 0.1) is 5.92 Å². The van der Waals surface area contributed by atoms with Crippen LogP contribution >= 0.6 is 11.3 Å². The second-order valence-corrected chi connectivity index (χ2v) is 6.73. The lowest BCUT2D eigenvalue weighted by atomic mass is 10.1. The quantitative estimate of drug-likeness (QED) is 0.904. The van der Waals surface area contributed by atoms with E-state index in [4.69, 9.17) is 0 Å². The van der Waals surface area contributed by atoms with E-state index in [-0.39, 0.29) is 5.91 Å².